The van der Waals surface area contributed by atoms with E-state index in [1.807, 2.05) is 51.3 Å². The number of hydrogen-bond acceptors (Lipinski definition) is 7. The Morgan fingerprint density at radius 3 is 2.54 bits per heavy atom. The van der Waals surface area contributed by atoms with Gasteiger partial charge in [-0.05, 0) is 30.4 Å². The minimum atomic E-state index is -1.02. The summed E-state index contributed by atoms with van der Waals surface area (Å²) in [6.07, 6.45) is 0.0230. The molecule has 1 saturated heterocycles. The molecule has 0 aliphatic carbocycles. The predicted octanol–water partition coefficient (Wildman–Crippen LogP) is 5.67. The predicted molar refractivity (Wildman–Crippen MR) is 144 cm³/mol. The van der Waals surface area contributed by atoms with Gasteiger partial charge >= 0.3 is 5.97 Å². The first kappa shape index (κ1) is 26.9. The summed E-state index contributed by atoms with van der Waals surface area (Å²) in [6, 6.07) is 4.73. The first-order valence-electron chi connectivity index (χ1n) is 12.5. The van der Waals surface area contributed by atoms with Gasteiger partial charge in [0.05, 0.1) is 24.9 Å². The van der Waals surface area contributed by atoms with Crippen LogP contribution in [0, 0.1) is 12.3 Å². The number of likely N-dealkylation sites (tertiary alicyclic amines) is 1. The quantitative estimate of drug-likeness (QED) is 0.424. The van der Waals surface area contributed by atoms with E-state index >= 15 is 0 Å². The number of amides is 1. The van der Waals surface area contributed by atoms with Crippen molar-refractivity contribution in [2.24, 2.45) is 5.41 Å². The average Bonchev–Trinajstić information content (AvgIpc) is 3.46. The molecule has 198 valence electrons. The van der Waals surface area contributed by atoms with Crippen molar-refractivity contribution < 1.29 is 24.2 Å². The number of thiazole rings is 1. The highest BCUT2D eigenvalue weighted by Crippen LogP contribution is 2.38. The van der Waals surface area contributed by atoms with Gasteiger partial charge in [-0.1, -0.05) is 34.6 Å². The molecule has 1 N–H and O–H groups in total. The first-order chi connectivity index (χ1) is 17.4. The fraction of sp³-hybridized carbons (Fsp3) is 0.500. The number of benzene rings is 1. The van der Waals surface area contributed by atoms with Gasteiger partial charge in [-0.2, -0.15) is 0 Å². The van der Waals surface area contributed by atoms with Gasteiger partial charge in [-0.3, -0.25) is 4.79 Å². The van der Waals surface area contributed by atoms with Crippen LogP contribution in [0.2, 0.25) is 0 Å². The van der Waals surface area contributed by atoms with Crippen LogP contribution in [-0.4, -0.2) is 57.7 Å². The average molecular weight is 526 g/mol. The molecule has 0 unspecified atom stereocenters. The number of aromatic nitrogens is 2. The lowest BCUT2D eigenvalue weighted by molar-refractivity contribution is -0.148. The standard InChI is InChI=1S/C28H35N3O5S/c1-15(2)20-14-37-26(30-20)19-11-23(18-8-9-22(35-7)16(3)25(18)29-19)36-17-10-21(27(33)34)31(13-17)24(32)12-28(4,5)6/h8-9,11,14-15,17,21H,10,12-13H2,1-7H3,(H,33,34)/t17-,21+/m1/s1. The molecule has 2 atom stereocenters. The van der Waals surface area contributed by atoms with Crippen LogP contribution in [0.15, 0.2) is 23.6 Å². The number of aliphatic carboxylic acids is 1. The number of aryl methyl sites for hydroxylation is 1. The summed E-state index contributed by atoms with van der Waals surface area (Å²) in [5.74, 6) is 0.419. The molecule has 3 aromatic rings. The molecule has 37 heavy (non-hydrogen) atoms. The van der Waals surface area contributed by atoms with Gasteiger partial charge < -0.3 is 19.5 Å². The van der Waals surface area contributed by atoms with Gasteiger partial charge in [0.15, 0.2) is 0 Å². The van der Waals surface area contributed by atoms with Crippen LogP contribution in [0.5, 0.6) is 11.5 Å². The number of pyridine rings is 1. The summed E-state index contributed by atoms with van der Waals surface area (Å²) in [7, 11) is 1.62. The Bertz CT molecular complexity index is 1330. The minimum absolute atomic E-state index is 0.171. The molecule has 0 saturated carbocycles. The molecule has 4 rings (SSSR count). The first-order valence-corrected chi connectivity index (χ1v) is 13.4. The Morgan fingerprint density at radius 2 is 1.95 bits per heavy atom. The number of hydrogen-bond donors (Lipinski definition) is 1. The summed E-state index contributed by atoms with van der Waals surface area (Å²) in [6.45, 7) is 12.3. The highest BCUT2D eigenvalue weighted by molar-refractivity contribution is 7.13. The number of carboxylic acids is 1. The van der Waals surface area contributed by atoms with Crippen molar-refractivity contribution in [1.82, 2.24) is 14.9 Å². The maximum absolute atomic E-state index is 13.0. The van der Waals surface area contributed by atoms with Crippen molar-refractivity contribution in [2.75, 3.05) is 13.7 Å². The SMILES string of the molecule is COc1ccc2c(O[C@@H]3C[C@@H](C(=O)O)N(C(=O)CC(C)(C)C)C3)cc(-c3nc(C(C)C)cs3)nc2c1C. The molecule has 2 aromatic heterocycles. The second-order valence-electron chi connectivity index (χ2n) is 11.1. The van der Waals surface area contributed by atoms with Crippen LogP contribution in [0.4, 0.5) is 0 Å². The van der Waals surface area contributed by atoms with Crippen molar-refractivity contribution in [3.05, 3.63) is 34.8 Å². The highest BCUT2D eigenvalue weighted by atomic mass is 32.1. The highest BCUT2D eigenvalue weighted by Gasteiger charge is 2.41. The van der Waals surface area contributed by atoms with Crippen molar-refractivity contribution >= 4 is 34.1 Å². The van der Waals surface area contributed by atoms with Crippen LogP contribution in [0.3, 0.4) is 0 Å². The van der Waals surface area contributed by atoms with Crippen LogP contribution in [0.1, 0.15) is 64.6 Å². The number of nitrogens with zero attached hydrogens (tertiary/aromatic N) is 3. The molecular weight excluding hydrogens is 490 g/mol. The zero-order valence-corrected chi connectivity index (χ0v) is 23.3. The molecule has 0 bridgehead atoms. The van der Waals surface area contributed by atoms with Gasteiger partial charge in [0.1, 0.15) is 34.3 Å². The third-order valence-corrected chi connectivity index (χ3v) is 7.43. The maximum Gasteiger partial charge on any atom is 0.326 e. The smallest absolute Gasteiger partial charge is 0.326 e. The minimum Gasteiger partial charge on any atom is -0.496 e. The molecule has 1 amide bonds. The maximum atomic E-state index is 13.0. The Hall–Kier alpha value is -3.20. The van der Waals surface area contributed by atoms with Gasteiger partial charge in [0.25, 0.3) is 0 Å². The van der Waals surface area contributed by atoms with E-state index in [1.165, 1.54) is 16.2 Å². The van der Waals surface area contributed by atoms with Gasteiger partial charge in [-0.15, -0.1) is 11.3 Å². The van der Waals surface area contributed by atoms with E-state index in [0.29, 0.717) is 17.4 Å². The number of carbonyl (C=O) groups excluding carboxylic acids is 1. The molecule has 0 radical (unpaired) electrons. The van der Waals surface area contributed by atoms with Crippen molar-refractivity contribution in [3.8, 4) is 22.2 Å². The van der Waals surface area contributed by atoms with Crippen LogP contribution < -0.4 is 9.47 Å². The summed E-state index contributed by atoms with van der Waals surface area (Å²) in [4.78, 5) is 36.1. The van der Waals surface area contributed by atoms with Crippen LogP contribution >= 0.6 is 11.3 Å². The Labute approximate surface area is 221 Å². The van der Waals surface area contributed by atoms with E-state index in [0.717, 1.165) is 32.9 Å². The van der Waals surface area contributed by atoms with Crippen LogP contribution in [-0.2, 0) is 9.59 Å². The molecule has 0 spiro atoms. The monoisotopic (exact) mass is 525 g/mol. The molecule has 9 heteroatoms. The van der Waals surface area contributed by atoms with E-state index in [-0.39, 0.29) is 30.7 Å². The topological polar surface area (TPSA) is 102 Å². The molecule has 1 aliphatic heterocycles. The molecular formula is C28H35N3O5S. The van der Waals surface area contributed by atoms with E-state index in [9.17, 15) is 14.7 Å². The number of carbonyl (C=O) groups is 2. The largest absolute Gasteiger partial charge is 0.496 e. The zero-order valence-electron chi connectivity index (χ0n) is 22.5. The van der Waals surface area contributed by atoms with Gasteiger partial charge in [-0.25, -0.2) is 14.8 Å². The summed E-state index contributed by atoms with van der Waals surface area (Å²) < 4.78 is 12.0. The molecule has 3 heterocycles. The third-order valence-electron chi connectivity index (χ3n) is 6.54. The Balaban J connectivity index is 1.73. The Morgan fingerprint density at radius 1 is 1.22 bits per heavy atom. The summed E-state index contributed by atoms with van der Waals surface area (Å²) in [5, 5.41) is 13.5. The van der Waals surface area contributed by atoms with Crippen molar-refractivity contribution in [1.29, 1.82) is 0 Å². The molecule has 8 nitrogen and oxygen atoms in total. The fourth-order valence-electron chi connectivity index (χ4n) is 4.60. The second kappa shape index (κ2) is 10.3. The fourth-order valence-corrected chi connectivity index (χ4v) is 5.54. The molecule has 1 aliphatic rings. The molecule has 1 aromatic carbocycles. The summed E-state index contributed by atoms with van der Waals surface area (Å²) >= 11 is 1.53. The number of rotatable bonds is 7. The normalized spacial score (nSPS) is 18.0. The van der Waals surface area contributed by atoms with E-state index in [1.54, 1.807) is 7.11 Å². The molecule has 1 fully saturated rings. The number of ether oxygens (including phenoxy) is 2. The number of methoxy groups -OCH3 is 1. The number of fused-ring (bicyclic) bond motifs is 1. The van der Waals surface area contributed by atoms with E-state index in [4.69, 9.17) is 19.4 Å². The second-order valence-corrected chi connectivity index (χ2v) is 12.0. The zero-order chi connectivity index (χ0) is 27.1. The number of carboxylic acid groups (broad SMARTS) is 1. The van der Waals surface area contributed by atoms with E-state index < -0.39 is 18.1 Å². The van der Waals surface area contributed by atoms with Gasteiger partial charge in [0, 0.05) is 35.2 Å². The van der Waals surface area contributed by atoms with Crippen molar-refractivity contribution in [2.45, 2.75) is 72.4 Å². The van der Waals surface area contributed by atoms with Crippen molar-refractivity contribution in [3.63, 3.8) is 0 Å². The third kappa shape index (κ3) is 5.71. The lowest BCUT2D eigenvalue weighted by atomic mass is 9.91. The van der Waals surface area contributed by atoms with Gasteiger partial charge in [0.2, 0.25) is 5.91 Å². The Kier molecular flexibility index (Phi) is 7.46. The summed E-state index contributed by atoms with van der Waals surface area (Å²) in [5.41, 5.74) is 3.06. The van der Waals surface area contributed by atoms with E-state index in [2.05, 4.69) is 13.8 Å². The van der Waals surface area contributed by atoms with Crippen LogP contribution in [0.25, 0.3) is 21.6 Å². The lowest BCUT2D eigenvalue weighted by Gasteiger charge is -2.25. The lowest BCUT2D eigenvalue weighted by Crippen LogP contribution is -2.42.